The molecule has 0 unspecified atom stereocenters. The summed E-state index contributed by atoms with van der Waals surface area (Å²) in [4.78, 5) is 30.3. The summed E-state index contributed by atoms with van der Waals surface area (Å²) in [5, 5.41) is 2.26. The third-order valence-corrected chi connectivity index (χ3v) is 6.27. The van der Waals surface area contributed by atoms with Crippen LogP contribution in [-0.2, 0) is 9.59 Å². The van der Waals surface area contributed by atoms with Gasteiger partial charge in [0.15, 0.2) is 13.2 Å². The minimum absolute atomic E-state index is 0.0149. The molecular formula is C24H32N3O3+. The normalized spacial score (nSPS) is 18.3. The van der Waals surface area contributed by atoms with E-state index in [1.54, 1.807) is 0 Å². The van der Waals surface area contributed by atoms with Gasteiger partial charge in [-0.15, -0.1) is 0 Å². The molecule has 0 aliphatic carbocycles. The molecule has 0 bridgehead atoms. The number of carbonyl (C=O) groups excluding carboxylic acids is 2. The zero-order valence-electron chi connectivity index (χ0n) is 17.6. The lowest BCUT2D eigenvalue weighted by atomic mass is 10.1. The van der Waals surface area contributed by atoms with Crippen molar-refractivity contribution in [2.45, 2.75) is 25.7 Å². The summed E-state index contributed by atoms with van der Waals surface area (Å²) in [5.74, 6) is 1.00. The number of rotatable bonds is 5. The molecule has 6 heteroatoms. The molecule has 0 saturated carbocycles. The van der Waals surface area contributed by atoms with Gasteiger partial charge in [0, 0.05) is 13.1 Å². The molecule has 0 radical (unpaired) electrons. The van der Waals surface area contributed by atoms with Crippen LogP contribution in [0.5, 0.6) is 5.75 Å². The number of likely N-dealkylation sites (tertiary alicyclic amines) is 1. The Labute approximate surface area is 178 Å². The number of carbonyl (C=O) groups is 2. The van der Waals surface area contributed by atoms with Crippen molar-refractivity contribution in [3.8, 4) is 5.75 Å². The van der Waals surface area contributed by atoms with Crippen molar-refractivity contribution in [3.05, 3.63) is 42.5 Å². The lowest BCUT2D eigenvalue weighted by Crippen LogP contribution is -3.15. The van der Waals surface area contributed by atoms with Crippen molar-refractivity contribution < 1.29 is 19.2 Å². The highest BCUT2D eigenvalue weighted by molar-refractivity contribution is 5.84. The Bertz CT molecular complexity index is 869. The molecule has 2 aliphatic heterocycles. The molecule has 2 aromatic carbocycles. The topological polar surface area (TPSA) is 54.3 Å². The van der Waals surface area contributed by atoms with Crippen molar-refractivity contribution in [2.24, 2.45) is 0 Å². The second-order valence-electron chi connectivity index (χ2n) is 8.40. The minimum atomic E-state index is 0.0149. The van der Waals surface area contributed by atoms with E-state index in [1.807, 2.05) is 46.2 Å². The fourth-order valence-corrected chi connectivity index (χ4v) is 4.39. The van der Waals surface area contributed by atoms with E-state index in [4.69, 9.17) is 4.74 Å². The van der Waals surface area contributed by atoms with Crippen molar-refractivity contribution in [2.75, 3.05) is 52.4 Å². The van der Waals surface area contributed by atoms with Gasteiger partial charge in [-0.05, 0) is 35.7 Å². The van der Waals surface area contributed by atoms with Crippen LogP contribution >= 0.6 is 0 Å². The van der Waals surface area contributed by atoms with E-state index in [9.17, 15) is 9.59 Å². The number of fused-ring (bicyclic) bond motifs is 1. The van der Waals surface area contributed by atoms with Crippen LogP contribution in [0.2, 0.25) is 0 Å². The molecule has 2 aromatic rings. The Morgan fingerprint density at radius 2 is 1.47 bits per heavy atom. The number of amides is 2. The van der Waals surface area contributed by atoms with E-state index in [1.165, 1.54) is 17.7 Å². The second kappa shape index (κ2) is 9.94. The van der Waals surface area contributed by atoms with E-state index in [-0.39, 0.29) is 18.4 Å². The second-order valence-corrected chi connectivity index (χ2v) is 8.40. The molecular weight excluding hydrogens is 378 g/mol. The summed E-state index contributed by atoms with van der Waals surface area (Å²) < 4.78 is 5.75. The third-order valence-electron chi connectivity index (χ3n) is 6.27. The van der Waals surface area contributed by atoms with E-state index >= 15 is 0 Å². The summed E-state index contributed by atoms with van der Waals surface area (Å²) in [6, 6.07) is 14.0. The third kappa shape index (κ3) is 5.30. The molecule has 0 spiro atoms. The van der Waals surface area contributed by atoms with Gasteiger partial charge >= 0.3 is 0 Å². The Morgan fingerprint density at radius 1 is 0.800 bits per heavy atom. The fraction of sp³-hybridized carbons (Fsp3) is 0.500. The smallest absolute Gasteiger partial charge is 0.277 e. The molecule has 160 valence electrons. The van der Waals surface area contributed by atoms with Gasteiger partial charge in [0.1, 0.15) is 5.75 Å². The molecule has 2 saturated heterocycles. The molecule has 2 amide bonds. The maximum Gasteiger partial charge on any atom is 0.277 e. The van der Waals surface area contributed by atoms with Gasteiger partial charge in [0.2, 0.25) is 0 Å². The first-order valence-corrected chi connectivity index (χ1v) is 11.2. The summed E-state index contributed by atoms with van der Waals surface area (Å²) in [6.45, 7) is 5.43. The molecule has 1 N–H and O–H groups in total. The maximum atomic E-state index is 12.6. The van der Waals surface area contributed by atoms with E-state index in [0.717, 1.165) is 49.8 Å². The fourth-order valence-electron chi connectivity index (χ4n) is 4.39. The average Bonchev–Trinajstić information content (AvgIpc) is 3.07. The van der Waals surface area contributed by atoms with Crippen LogP contribution in [0, 0.1) is 0 Å². The molecule has 4 rings (SSSR count). The highest BCUT2D eigenvalue weighted by atomic mass is 16.5. The first kappa shape index (κ1) is 20.7. The molecule has 30 heavy (non-hydrogen) atoms. The predicted octanol–water partition coefficient (Wildman–Crippen LogP) is 1.35. The number of nitrogens with zero attached hydrogens (tertiary/aromatic N) is 2. The molecule has 0 aromatic heterocycles. The van der Waals surface area contributed by atoms with Gasteiger partial charge in [0.25, 0.3) is 11.8 Å². The minimum Gasteiger partial charge on any atom is -0.484 e. The zero-order chi connectivity index (χ0) is 20.8. The predicted molar refractivity (Wildman–Crippen MR) is 117 cm³/mol. The van der Waals surface area contributed by atoms with Crippen molar-refractivity contribution in [1.29, 1.82) is 0 Å². The highest BCUT2D eigenvalue weighted by Crippen LogP contribution is 2.20. The lowest BCUT2D eigenvalue weighted by molar-refractivity contribution is -0.896. The van der Waals surface area contributed by atoms with Crippen LogP contribution in [0.15, 0.2) is 42.5 Å². The van der Waals surface area contributed by atoms with Crippen molar-refractivity contribution >= 4 is 22.6 Å². The first-order valence-electron chi connectivity index (χ1n) is 11.2. The number of benzene rings is 2. The number of hydrogen-bond acceptors (Lipinski definition) is 3. The van der Waals surface area contributed by atoms with E-state index in [2.05, 4.69) is 6.07 Å². The van der Waals surface area contributed by atoms with Crippen LogP contribution in [0.25, 0.3) is 10.8 Å². The maximum absolute atomic E-state index is 12.6. The summed E-state index contributed by atoms with van der Waals surface area (Å²) in [7, 11) is 0. The molecule has 2 fully saturated rings. The standard InChI is InChI=1S/C24H31N3O3/c28-23(26-11-5-1-2-6-12-26)18-25-13-15-27(16-14-25)24(29)19-30-22-10-9-20-7-3-4-8-21(20)17-22/h3-4,7-10,17H,1-2,5-6,11-16,18-19H2/p+1. The van der Waals surface area contributed by atoms with Gasteiger partial charge in [-0.2, -0.15) is 0 Å². The number of hydrogen-bond donors (Lipinski definition) is 1. The number of piperazine rings is 1. The molecule has 0 atom stereocenters. The van der Waals surface area contributed by atoms with Crippen LogP contribution in [0.1, 0.15) is 25.7 Å². The lowest BCUT2D eigenvalue weighted by Gasteiger charge is -2.33. The average molecular weight is 411 g/mol. The Hall–Kier alpha value is -2.60. The van der Waals surface area contributed by atoms with Gasteiger partial charge in [0.05, 0.1) is 26.2 Å². The van der Waals surface area contributed by atoms with E-state index < -0.39 is 0 Å². The van der Waals surface area contributed by atoms with Gasteiger partial charge < -0.3 is 19.4 Å². The zero-order valence-corrected chi connectivity index (χ0v) is 17.6. The van der Waals surface area contributed by atoms with Crippen molar-refractivity contribution in [3.63, 3.8) is 0 Å². The highest BCUT2D eigenvalue weighted by Gasteiger charge is 2.27. The Morgan fingerprint density at radius 3 is 2.20 bits per heavy atom. The van der Waals surface area contributed by atoms with Gasteiger partial charge in [-0.3, -0.25) is 9.59 Å². The number of quaternary nitrogens is 1. The monoisotopic (exact) mass is 410 g/mol. The summed E-state index contributed by atoms with van der Waals surface area (Å²) in [6.07, 6.45) is 4.72. The van der Waals surface area contributed by atoms with Crippen molar-refractivity contribution in [1.82, 2.24) is 9.80 Å². The van der Waals surface area contributed by atoms with Crippen LogP contribution in [0.4, 0.5) is 0 Å². The van der Waals surface area contributed by atoms with Crippen LogP contribution in [0.3, 0.4) is 0 Å². The molecule has 2 heterocycles. The van der Waals surface area contributed by atoms with Crippen LogP contribution < -0.4 is 9.64 Å². The number of nitrogens with one attached hydrogen (secondary N) is 1. The molecule has 6 nitrogen and oxygen atoms in total. The largest absolute Gasteiger partial charge is 0.484 e. The quantitative estimate of drug-likeness (QED) is 0.810. The van der Waals surface area contributed by atoms with E-state index in [0.29, 0.717) is 25.4 Å². The Balaban J connectivity index is 1.21. The molecule has 2 aliphatic rings. The summed E-state index contributed by atoms with van der Waals surface area (Å²) >= 11 is 0. The number of ether oxygens (including phenoxy) is 1. The summed E-state index contributed by atoms with van der Waals surface area (Å²) in [5.41, 5.74) is 0. The van der Waals surface area contributed by atoms with Gasteiger partial charge in [-0.1, -0.05) is 43.2 Å². The van der Waals surface area contributed by atoms with Crippen LogP contribution in [-0.4, -0.2) is 74.0 Å². The Kier molecular flexibility index (Phi) is 6.84. The van der Waals surface area contributed by atoms with Gasteiger partial charge in [-0.25, -0.2) is 0 Å². The first-order chi connectivity index (χ1) is 14.7. The SMILES string of the molecule is O=C(COc1ccc2ccccc2c1)N1CC[NH+](CC(=O)N2CCCCCC2)CC1.